The molecule has 60 valence electrons. The second-order valence-corrected chi connectivity index (χ2v) is 2.74. The molecular formula is C7H10BrN3. The summed E-state index contributed by atoms with van der Waals surface area (Å²) in [5.74, 6) is 1.69. The van der Waals surface area contributed by atoms with Gasteiger partial charge < -0.3 is 5.32 Å². The zero-order chi connectivity index (χ0) is 8.27. The van der Waals surface area contributed by atoms with E-state index in [2.05, 4.69) is 31.2 Å². The molecule has 1 aromatic rings. The van der Waals surface area contributed by atoms with E-state index in [0.29, 0.717) is 0 Å². The molecule has 0 aliphatic heterocycles. The van der Waals surface area contributed by atoms with E-state index in [-0.39, 0.29) is 0 Å². The second-order valence-electron chi connectivity index (χ2n) is 2.17. The van der Waals surface area contributed by atoms with Gasteiger partial charge in [0.05, 0.1) is 0 Å². The van der Waals surface area contributed by atoms with Gasteiger partial charge in [0, 0.05) is 24.1 Å². The van der Waals surface area contributed by atoms with Crippen molar-refractivity contribution in [1.29, 1.82) is 0 Å². The molecule has 0 saturated carbocycles. The van der Waals surface area contributed by atoms with Crippen molar-refractivity contribution in [2.45, 2.75) is 12.3 Å². The molecule has 0 fully saturated rings. The van der Waals surface area contributed by atoms with Crippen LogP contribution in [0.25, 0.3) is 0 Å². The Labute approximate surface area is 74.4 Å². The average molecular weight is 216 g/mol. The predicted octanol–water partition coefficient (Wildman–Crippen LogP) is 1.72. The van der Waals surface area contributed by atoms with Gasteiger partial charge in [0.1, 0.15) is 11.6 Å². The topological polar surface area (TPSA) is 37.8 Å². The third kappa shape index (κ3) is 1.89. The van der Waals surface area contributed by atoms with Crippen molar-refractivity contribution in [3.05, 3.63) is 17.6 Å². The lowest BCUT2D eigenvalue weighted by atomic mass is 10.3. The zero-order valence-electron chi connectivity index (χ0n) is 6.56. The number of hydrogen-bond donors (Lipinski definition) is 1. The van der Waals surface area contributed by atoms with Crippen LogP contribution in [0.15, 0.2) is 6.20 Å². The fraction of sp³-hybridized carbons (Fsp3) is 0.429. The Balaban J connectivity index is 3.06. The Morgan fingerprint density at radius 3 is 2.91 bits per heavy atom. The van der Waals surface area contributed by atoms with Crippen LogP contribution in [-0.4, -0.2) is 17.0 Å². The highest BCUT2D eigenvalue weighted by Gasteiger charge is 2.00. The molecule has 0 spiro atoms. The van der Waals surface area contributed by atoms with E-state index in [4.69, 9.17) is 0 Å². The van der Waals surface area contributed by atoms with E-state index in [1.807, 2.05) is 20.2 Å². The first-order chi connectivity index (χ1) is 5.27. The number of nitrogens with one attached hydrogen (secondary N) is 1. The molecule has 1 aromatic heterocycles. The molecule has 0 radical (unpaired) electrons. The van der Waals surface area contributed by atoms with Crippen molar-refractivity contribution < 1.29 is 0 Å². The van der Waals surface area contributed by atoms with Crippen molar-refractivity contribution in [2.24, 2.45) is 0 Å². The van der Waals surface area contributed by atoms with Crippen LogP contribution >= 0.6 is 15.9 Å². The Morgan fingerprint density at radius 2 is 2.36 bits per heavy atom. The van der Waals surface area contributed by atoms with Gasteiger partial charge in [-0.1, -0.05) is 15.9 Å². The van der Waals surface area contributed by atoms with Crippen molar-refractivity contribution in [3.8, 4) is 0 Å². The van der Waals surface area contributed by atoms with Crippen molar-refractivity contribution >= 4 is 21.7 Å². The van der Waals surface area contributed by atoms with Crippen LogP contribution in [0.1, 0.15) is 11.4 Å². The lowest BCUT2D eigenvalue weighted by Gasteiger charge is -2.04. The minimum atomic E-state index is 0.781. The molecule has 1 rings (SSSR count). The van der Waals surface area contributed by atoms with E-state index in [1.54, 1.807) is 0 Å². The molecule has 1 heterocycles. The number of halogens is 1. The van der Waals surface area contributed by atoms with Crippen molar-refractivity contribution in [1.82, 2.24) is 9.97 Å². The van der Waals surface area contributed by atoms with E-state index in [0.717, 1.165) is 22.5 Å². The molecule has 4 heteroatoms. The highest BCUT2D eigenvalue weighted by atomic mass is 79.9. The van der Waals surface area contributed by atoms with E-state index < -0.39 is 0 Å². The molecule has 0 aliphatic rings. The average Bonchev–Trinajstić information content (AvgIpc) is 2.04. The lowest BCUT2D eigenvalue weighted by molar-refractivity contribution is 1.03. The minimum absolute atomic E-state index is 0.781. The summed E-state index contributed by atoms with van der Waals surface area (Å²) in [6.45, 7) is 1.87. The zero-order valence-corrected chi connectivity index (χ0v) is 8.14. The number of aromatic nitrogens is 2. The van der Waals surface area contributed by atoms with Gasteiger partial charge in [-0.15, -0.1) is 0 Å². The third-order valence-electron chi connectivity index (χ3n) is 1.37. The molecule has 0 saturated heterocycles. The van der Waals surface area contributed by atoms with Gasteiger partial charge in [-0.05, 0) is 6.92 Å². The Bertz CT molecular complexity index is 249. The molecular weight excluding hydrogens is 206 g/mol. The summed E-state index contributed by atoms with van der Waals surface area (Å²) >= 11 is 3.35. The first-order valence-corrected chi connectivity index (χ1v) is 4.46. The van der Waals surface area contributed by atoms with Crippen LogP contribution in [0, 0.1) is 6.92 Å². The van der Waals surface area contributed by atoms with Crippen molar-refractivity contribution in [2.75, 3.05) is 12.4 Å². The van der Waals surface area contributed by atoms with Crippen LogP contribution in [0.4, 0.5) is 5.82 Å². The summed E-state index contributed by atoms with van der Waals surface area (Å²) in [5.41, 5.74) is 1.08. The SMILES string of the molecule is CNc1nc(C)ncc1CBr. The van der Waals surface area contributed by atoms with Crippen LogP contribution in [0.2, 0.25) is 0 Å². The van der Waals surface area contributed by atoms with Crippen LogP contribution < -0.4 is 5.32 Å². The minimum Gasteiger partial charge on any atom is -0.373 e. The normalized spacial score (nSPS) is 9.73. The molecule has 0 atom stereocenters. The predicted molar refractivity (Wildman–Crippen MR) is 48.9 cm³/mol. The number of nitrogens with zero attached hydrogens (tertiary/aromatic N) is 2. The summed E-state index contributed by atoms with van der Waals surface area (Å²) in [6, 6.07) is 0. The summed E-state index contributed by atoms with van der Waals surface area (Å²) in [6.07, 6.45) is 1.82. The number of hydrogen-bond acceptors (Lipinski definition) is 3. The summed E-state index contributed by atoms with van der Waals surface area (Å²) in [4.78, 5) is 8.29. The molecule has 0 unspecified atom stereocenters. The summed E-state index contributed by atoms with van der Waals surface area (Å²) in [5, 5.41) is 3.79. The maximum absolute atomic E-state index is 4.21. The summed E-state index contributed by atoms with van der Waals surface area (Å²) < 4.78 is 0. The molecule has 3 nitrogen and oxygen atoms in total. The molecule has 0 aliphatic carbocycles. The van der Waals surface area contributed by atoms with Gasteiger partial charge in [-0.2, -0.15) is 0 Å². The highest BCUT2D eigenvalue weighted by molar-refractivity contribution is 9.08. The summed E-state index contributed by atoms with van der Waals surface area (Å²) in [7, 11) is 1.86. The number of anilines is 1. The molecule has 0 aromatic carbocycles. The van der Waals surface area contributed by atoms with E-state index in [9.17, 15) is 0 Å². The Morgan fingerprint density at radius 1 is 1.64 bits per heavy atom. The smallest absolute Gasteiger partial charge is 0.133 e. The van der Waals surface area contributed by atoms with E-state index in [1.165, 1.54) is 0 Å². The quantitative estimate of drug-likeness (QED) is 0.765. The van der Waals surface area contributed by atoms with Gasteiger partial charge in [0.25, 0.3) is 0 Å². The fourth-order valence-corrected chi connectivity index (χ4v) is 1.22. The van der Waals surface area contributed by atoms with Gasteiger partial charge in [0.2, 0.25) is 0 Å². The van der Waals surface area contributed by atoms with Gasteiger partial charge in [0.15, 0.2) is 0 Å². The maximum atomic E-state index is 4.21. The van der Waals surface area contributed by atoms with Crippen LogP contribution in [-0.2, 0) is 5.33 Å². The monoisotopic (exact) mass is 215 g/mol. The van der Waals surface area contributed by atoms with Gasteiger partial charge >= 0.3 is 0 Å². The van der Waals surface area contributed by atoms with Gasteiger partial charge in [-0.25, -0.2) is 9.97 Å². The maximum Gasteiger partial charge on any atom is 0.133 e. The fourth-order valence-electron chi connectivity index (χ4n) is 0.809. The van der Waals surface area contributed by atoms with E-state index >= 15 is 0 Å². The third-order valence-corrected chi connectivity index (χ3v) is 1.97. The Hall–Kier alpha value is -0.640. The largest absolute Gasteiger partial charge is 0.373 e. The molecule has 11 heavy (non-hydrogen) atoms. The first kappa shape index (κ1) is 8.46. The Kier molecular flexibility index (Phi) is 2.82. The van der Waals surface area contributed by atoms with Crippen LogP contribution in [0.5, 0.6) is 0 Å². The highest BCUT2D eigenvalue weighted by Crippen LogP contribution is 2.13. The molecule has 0 amide bonds. The number of rotatable bonds is 2. The first-order valence-electron chi connectivity index (χ1n) is 3.34. The standard InChI is InChI=1S/C7H10BrN3/c1-5-10-4-6(3-8)7(9-2)11-5/h4H,3H2,1-2H3,(H,9,10,11). The molecule has 1 N–H and O–H groups in total. The van der Waals surface area contributed by atoms with Gasteiger partial charge in [-0.3, -0.25) is 0 Å². The molecule has 0 bridgehead atoms. The van der Waals surface area contributed by atoms with Crippen molar-refractivity contribution in [3.63, 3.8) is 0 Å². The number of aryl methyl sites for hydroxylation is 1. The lowest BCUT2D eigenvalue weighted by Crippen LogP contribution is -2.00. The van der Waals surface area contributed by atoms with Crippen LogP contribution in [0.3, 0.4) is 0 Å². The number of alkyl halides is 1. The second kappa shape index (κ2) is 3.67.